The molecule has 17 heavy (non-hydrogen) atoms. The molecule has 92 valence electrons. The smallest absolute Gasteiger partial charge is 0.339 e. The number of rotatable bonds is 4. The highest BCUT2D eigenvalue weighted by molar-refractivity contribution is 6.19. The van der Waals surface area contributed by atoms with Crippen LogP contribution in [0.1, 0.15) is 16.8 Å². The van der Waals surface area contributed by atoms with Crippen molar-refractivity contribution in [1.82, 2.24) is 0 Å². The summed E-state index contributed by atoms with van der Waals surface area (Å²) in [4.78, 5) is 22.7. The third-order valence-electron chi connectivity index (χ3n) is 1.98. The van der Waals surface area contributed by atoms with Gasteiger partial charge in [0.2, 0.25) is 5.91 Å². The van der Waals surface area contributed by atoms with E-state index in [-0.39, 0.29) is 23.6 Å². The Morgan fingerprint density at radius 3 is 2.76 bits per heavy atom. The van der Waals surface area contributed by atoms with E-state index in [0.29, 0.717) is 0 Å². The minimum atomic E-state index is -0.647. The number of nitrogens with one attached hydrogen (secondary N) is 1. The van der Waals surface area contributed by atoms with Gasteiger partial charge in [-0.1, -0.05) is 0 Å². The molecule has 1 aromatic carbocycles. The van der Waals surface area contributed by atoms with Crippen LogP contribution in [0.5, 0.6) is 0 Å². The minimum Gasteiger partial charge on any atom is -0.465 e. The van der Waals surface area contributed by atoms with E-state index in [4.69, 9.17) is 11.6 Å². The van der Waals surface area contributed by atoms with E-state index in [0.717, 1.165) is 12.1 Å². The molecular formula is C11H11ClFNO3. The summed E-state index contributed by atoms with van der Waals surface area (Å²) in [5, 5.41) is 2.40. The van der Waals surface area contributed by atoms with Gasteiger partial charge >= 0.3 is 5.97 Å². The van der Waals surface area contributed by atoms with Crippen molar-refractivity contribution >= 4 is 29.2 Å². The summed E-state index contributed by atoms with van der Waals surface area (Å²) < 4.78 is 17.5. The van der Waals surface area contributed by atoms with Crippen LogP contribution in [0.3, 0.4) is 0 Å². The standard InChI is InChI=1S/C11H11ClFNO3/c1-17-11(16)8-3-2-7(13)6-9(8)14-10(15)4-5-12/h2-3,6H,4-5H2,1H3,(H,14,15). The number of benzene rings is 1. The van der Waals surface area contributed by atoms with E-state index < -0.39 is 17.7 Å². The largest absolute Gasteiger partial charge is 0.465 e. The maximum atomic E-state index is 13.0. The lowest BCUT2D eigenvalue weighted by molar-refractivity contribution is -0.115. The molecule has 0 radical (unpaired) electrons. The van der Waals surface area contributed by atoms with Gasteiger partial charge in [0.05, 0.1) is 18.4 Å². The highest BCUT2D eigenvalue weighted by Crippen LogP contribution is 2.18. The lowest BCUT2D eigenvalue weighted by Crippen LogP contribution is -2.15. The number of carbonyl (C=O) groups is 2. The zero-order valence-electron chi connectivity index (χ0n) is 9.13. The maximum Gasteiger partial charge on any atom is 0.339 e. The highest BCUT2D eigenvalue weighted by atomic mass is 35.5. The third-order valence-corrected chi connectivity index (χ3v) is 2.17. The van der Waals surface area contributed by atoms with Gasteiger partial charge in [-0.2, -0.15) is 0 Å². The number of methoxy groups -OCH3 is 1. The number of carbonyl (C=O) groups excluding carboxylic acids is 2. The fourth-order valence-corrected chi connectivity index (χ4v) is 1.38. The van der Waals surface area contributed by atoms with Crippen LogP contribution in [0.4, 0.5) is 10.1 Å². The molecule has 0 aliphatic rings. The Morgan fingerprint density at radius 1 is 1.47 bits per heavy atom. The van der Waals surface area contributed by atoms with Gasteiger partial charge in [0.25, 0.3) is 0 Å². The first-order valence-corrected chi connectivity index (χ1v) is 5.35. The molecule has 0 atom stereocenters. The minimum absolute atomic E-state index is 0.0759. The van der Waals surface area contributed by atoms with Gasteiger partial charge in [0.1, 0.15) is 5.82 Å². The molecule has 0 saturated carbocycles. The summed E-state index contributed by atoms with van der Waals surface area (Å²) >= 11 is 5.40. The SMILES string of the molecule is COC(=O)c1ccc(F)cc1NC(=O)CCCl. The quantitative estimate of drug-likeness (QED) is 0.666. The summed E-state index contributed by atoms with van der Waals surface area (Å²) in [6.45, 7) is 0. The zero-order valence-corrected chi connectivity index (χ0v) is 9.88. The first-order chi connectivity index (χ1) is 8.08. The van der Waals surface area contributed by atoms with Crippen LogP contribution in [-0.4, -0.2) is 24.9 Å². The Balaban J connectivity index is 2.99. The molecule has 0 bridgehead atoms. The van der Waals surface area contributed by atoms with Crippen LogP contribution in [0.25, 0.3) is 0 Å². The van der Waals surface area contributed by atoms with Crippen molar-refractivity contribution in [1.29, 1.82) is 0 Å². The van der Waals surface area contributed by atoms with Crippen LogP contribution < -0.4 is 5.32 Å². The number of hydrogen-bond acceptors (Lipinski definition) is 3. The number of esters is 1. The van der Waals surface area contributed by atoms with Crippen molar-refractivity contribution in [3.05, 3.63) is 29.6 Å². The molecule has 0 aliphatic heterocycles. The fourth-order valence-electron chi connectivity index (χ4n) is 1.21. The second-order valence-electron chi connectivity index (χ2n) is 3.17. The molecule has 4 nitrogen and oxygen atoms in total. The molecule has 0 saturated heterocycles. The van der Waals surface area contributed by atoms with Gasteiger partial charge in [-0.05, 0) is 18.2 Å². The lowest BCUT2D eigenvalue weighted by atomic mass is 10.1. The summed E-state index contributed by atoms with van der Waals surface area (Å²) in [6.07, 6.45) is 0.0820. The van der Waals surface area contributed by atoms with Crippen molar-refractivity contribution in [2.24, 2.45) is 0 Å². The summed E-state index contributed by atoms with van der Waals surface area (Å²) in [5.41, 5.74) is 0.170. The zero-order chi connectivity index (χ0) is 12.8. The number of halogens is 2. The van der Waals surface area contributed by atoms with Gasteiger partial charge in [-0.3, -0.25) is 4.79 Å². The molecule has 1 aromatic rings. The summed E-state index contributed by atoms with van der Waals surface area (Å²) in [6, 6.07) is 3.42. The lowest BCUT2D eigenvalue weighted by Gasteiger charge is -2.09. The van der Waals surface area contributed by atoms with Crippen LogP contribution in [-0.2, 0) is 9.53 Å². The molecule has 1 N–H and O–H groups in total. The Hall–Kier alpha value is -1.62. The maximum absolute atomic E-state index is 13.0. The van der Waals surface area contributed by atoms with Gasteiger partial charge in [0, 0.05) is 12.3 Å². The van der Waals surface area contributed by atoms with Crippen LogP contribution in [0, 0.1) is 5.82 Å². The molecule has 0 aromatic heterocycles. The summed E-state index contributed by atoms with van der Waals surface area (Å²) in [7, 11) is 1.20. The Morgan fingerprint density at radius 2 is 2.18 bits per heavy atom. The van der Waals surface area contributed by atoms with Gasteiger partial charge < -0.3 is 10.1 Å². The number of ether oxygens (including phenoxy) is 1. The van der Waals surface area contributed by atoms with E-state index in [9.17, 15) is 14.0 Å². The van der Waals surface area contributed by atoms with E-state index in [1.165, 1.54) is 13.2 Å². The average Bonchev–Trinajstić information content (AvgIpc) is 2.28. The molecule has 0 aliphatic carbocycles. The molecule has 0 spiro atoms. The van der Waals surface area contributed by atoms with Crippen LogP contribution in [0.2, 0.25) is 0 Å². The topological polar surface area (TPSA) is 55.4 Å². The first kappa shape index (κ1) is 13.4. The predicted molar refractivity (Wildman–Crippen MR) is 61.7 cm³/mol. The summed E-state index contributed by atoms with van der Waals surface area (Å²) in [5.74, 6) is -1.45. The average molecular weight is 260 g/mol. The van der Waals surface area contributed by atoms with Crippen LogP contribution in [0.15, 0.2) is 18.2 Å². The Kier molecular flexibility index (Phi) is 4.90. The fraction of sp³-hybridized carbons (Fsp3) is 0.273. The van der Waals surface area contributed by atoms with Crippen molar-refractivity contribution < 1.29 is 18.7 Å². The van der Waals surface area contributed by atoms with E-state index >= 15 is 0 Å². The molecular weight excluding hydrogens is 249 g/mol. The molecule has 1 rings (SSSR count). The van der Waals surface area contributed by atoms with Gasteiger partial charge in [-0.25, -0.2) is 9.18 Å². The van der Waals surface area contributed by atoms with Crippen molar-refractivity contribution in [2.75, 3.05) is 18.3 Å². The number of anilines is 1. The molecule has 6 heteroatoms. The number of hydrogen-bond donors (Lipinski definition) is 1. The third kappa shape index (κ3) is 3.71. The van der Waals surface area contributed by atoms with E-state index in [1.807, 2.05) is 0 Å². The van der Waals surface area contributed by atoms with Crippen molar-refractivity contribution in [2.45, 2.75) is 6.42 Å². The second kappa shape index (κ2) is 6.20. The predicted octanol–water partition coefficient (Wildman–Crippen LogP) is 2.18. The molecule has 0 unspecified atom stereocenters. The van der Waals surface area contributed by atoms with Crippen LogP contribution >= 0.6 is 11.6 Å². The Labute approximate surface area is 103 Å². The second-order valence-corrected chi connectivity index (χ2v) is 3.55. The number of amides is 1. The van der Waals surface area contributed by atoms with Crippen molar-refractivity contribution in [3.8, 4) is 0 Å². The number of alkyl halides is 1. The normalized spacial score (nSPS) is 9.82. The molecule has 0 heterocycles. The van der Waals surface area contributed by atoms with Gasteiger partial charge in [-0.15, -0.1) is 11.6 Å². The molecule has 1 amide bonds. The first-order valence-electron chi connectivity index (χ1n) is 4.82. The highest BCUT2D eigenvalue weighted by Gasteiger charge is 2.14. The van der Waals surface area contributed by atoms with E-state index in [2.05, 4.69) is 10.1 Å². The monoisotopic (exact) mass is 259 g/mol. The van der Waals surface area contributed by atoms with E-state index in [1.54, 1.807) is 0 Å². The molecule has 0 fully saturated rings. The van der Waals surface area contributed by atoms with Gasteiger partial charge in [0.15, 0.2) is 0 Å². The Bertz CT molecular complexity index is 437. The van der Waals surface area contributed by atoms with Crippen molar-refractivity contribution in [3.63, 3.8) is 0 Å².